The minimum atomic E-state index is -0.732. The van der Waals surface area contributed by atoms with Gasteiger partial charge in [-0.3, -0.25) is 4.90 Å². The minimum Gasteiger partial charge on any atom is -0.392 e. The topological polar surface area (TPSA) is 52.9 Å². The van der Waals surface area contributed by atoms with E-state index in [9.17, 15) is 10.2 Å². The maximum absolute atomic E-state index is 12.1. The number of fused-ring (bicyclic) bond motifs is 2. The maximum Gasteiger partial charge on any atom is 0.0771 e. The van der Waals surface area contributed by atoms with Gasteiger partial charge in [0.2, 0.25) is 0 Å². The van der Waals surface area contributed by atoms with Crippen molar-refractivity contribution in [3.8, 4) is 0 Å². The van der Waals surface area contributed by atoms with E-state index >= 15 is 0 Å². The first-order valence-electron chi connectivity index (χ1n) is 11.1. The normalized spacial score (nSPS) is 65.4. The fraction of sp³-hybridized carbons (Fsp3) is 1.00. The van der Waals surface area contributed by atoms with Crippen molar-refractivity contribution in [2.24, 2.45) is 40.4 Å². The third kappa shape index (κ3) is 1.54. The number of hydrogen-bond donors (Lipinski definition) is 2. The quantitative estimate of drug-likeness (QED) is 0.792. The van der Waals surface area contributed by atoms with E-state index in [-0.39, 0.29) is 24.0 Å². The smallest absolute Gasteiger partial charge is 0.0771 e. The van der Waals surface area contributed by atoms with Gasteiger partial charge in [0.25, 0.3) is 0 Å². The molecule has 5 aliphatic carbocycles. The summed E-state index contributed by atoms with van der Waals surface area (Å²) in [5, 5.41) is 23.4. The molecular weight excluding hydrogens is 326 g/mol. The van der Waals surface area contributed by atoms with E-state index in [2.05, 4.69) is 18.7 Å². The second kappa shape index (κ2) is 4.87. The van der Waals surface area contributed by atoms with Crippen molar-refractivity contribution in [2.75, 3.05) is 20.2 Å². The molecule has 1 heterocycles. The van der Waals surface area contributed by atoms with Crippen molar-refractivity contribution < 1.29 is 14.9 Å². The van der Waals surface area contributed by atoms with Crippen molar-refractivity contribution in [3.63, 3.8) is 0 Å². The van der Waals surface area contributed by atoms with Gasteiger partial charge in [-0.25, -0.2) is 0 Å². The highest BCUT2D eigenvalue weighted by atomic mass is 16.5. The maximum atomic E-state index is 12.1. The van der Waals surface area contributed by atoms with Crippen LogP contribution in [0.1, 0.15) is 52.4 Å². The van der Waals surface area contributed by atoms with E-state index < -0.39 is 5.60 Å². The Morgan fingerprint density at radius 2 is 2.00 bits per heavy atom. The number of hydrogen-bond acceptors (Lipinski definition) is 4. The summed E-state index contributed by atoms with van der Waals surface area (Å²) in [5.41, 5.74) is 0.00305. The fourth-order valence-corrected chi connectivity index (χ4v) is 10.1. The van der Waals surface area contributed by atoms with E-state index in [0.717, 1.165) is 25.3 Å². The summed E-state index contributed by atoms with van der Waals surface area (Å²) in [6.45, 7) is 7.16. The lowest BCUT2D eigenvalue weighted by Crippen LogP contribution is -2.72. The fourth-order valence-electron chi connectivity index (χ4n) is 10.1. The molecule has 6 rings (SSSR count). The molecule has 1 spiro atoms. The van der Waals surface area contributed by atoms with Gasteiger partial charge in [-0.2, -0.15) is 0 Å². The predicted octanol–water partition coefficient (Wildman–Crippen LogP) is 2.28. The molecule has 7 bridgehead atoms. The van der Waals surface area contributed by atoms with Crippen LogP contribution in [0.4, 0.5) is 0 Å². The molecule has 0 aromatic rings. The van der Waals surface area contributed by atoms with Gasteiger partial charge >= 0.3 is 0 Å². The van der Waals surface area contributed by atoms with Crippen molar-refractivity contribution in [3.05, 3.63) is 0 Å². The van der Waals surface area contributed by atoms with Crippen LogP contribution >= 0.6 is 0 Å². The summed E-state index contributed by atoms with van der Waals surface area (Å²) in [6, 6.07) is 0.527. The monoisotopic (exact) mass is 361 g/mol. The van der Waals surface area contributed by atoms with Crippen LogP contribution < -0.4 is 0 Å². The third-order valence-corrected chi connectivity index (χ3v) is 10.6. The van der Waals surface area contributed by atoms with Crippen LogP contribution in [0.2, 0.25) is 0 Å². The van der Waals surface area contributed by atoms with Gasteiger partial charge in [-0.15, -0.1) is 0 Å². The average Bonchev–Trinajstić information content (AvgIpc) is 3.03. The van der Waals surface area contributed by atoms with Crippen LogP contribution in [-0.4, -0.2) is 59.2 Å². The molecule has 2 N–H and O–H groups in total. The summed E-state index contributed by atoms with van der Waals surface area (Å²) in [4.78, 5) is 2.75. The Morgan fingerprint density at radius 1 is 1.19 bits per heavy atom. The van der Waals surface area contributed by atoms with E-state index in [1.165, 1.54) is 32.2 Å². The second-order valence-corrected chi connectivity index (χ2v) is 11.0. The third-order valence-electron chi connectivity index (χ3n) is 10.6. The summed E-state index contributed by atoms with van der Waals surface area (Å²) >= 11 is 0. The van der Waals surface area contributed by atoms with Crippen molar-refractivity contribution in [2.45, 2.75) is 76.2 Å². The molecule has 0 amide bonds. The van der Waals surface area contributed by atoms with Crippen molar-refractivity contribution in [1.82, 2.24) is 4.90 Å². The Bertz CT molecular complexity index is 641. The average molecular weight is 362 g/mol. The van der Waals surface area contributed by atoms with E-state index in [1.807, 2.05) is 0 Å². The summed E-state index contributed by atoms with van der Waals surface area (Å²) in [7, 11) is 1.77. The second-order valence-electron chi connectivity index (χ2n) is 11.0. The highest BCUT2D eigenvalue weighted by Crippen LogP contribution is 2.78. The molecule has 0 aromatic carbocycles. The van der Waals surface area contributed by atoms with Gasteiger partial charge in [0.1, 0.15) is 0 Å². The number of rotatable bonds is 2. The number of methoxy groups -OCH3 is 1. The van der Waals surface area contributed by atoms with Crippen LogP contribution in [0.5, 0.6) is 0 Å². The molecule has 1 aliphatic heterocycles. The van der Waals surface area contributed by atoms with Crippen molar-refractivity contribution >= 4 is 0 Å². The Labute approximate surface area is 157 Å². The van der Waals surface area contributed by atoms with Gasteiger partial charge in [-0.1, -0.05) is 20.3 Å². The van der Waals surface area contributed by atoms with E-state index in [4.69, 9.17) is 4.74 Å². The van der Waals surface area contributed by atoms with E-state index in [1.54, 1.807) is 7.11 Å². The lowest BCUT2D eigenvalue weighted by atomic mass is 9.44. The molecule has 5 saturated carbocycles. The van der Waals surface area contributed by atoms with Crippen LogP contribution in [0.3, 0.4) is 0 Å². The van der Waals surface area contributed by atoms with Gasteiger partial charge < -0.3 is 14.9 Å². The molecule has 11 atom stereocenters. The Morgan fingerprint density at radius 3 is 2.73 bits per heavy atom. The van der Waals surface area contributed by atoms with Gasteiger partial charge in [0.15, 0.2) is 0 Å². The number of ether oxygens (including phenoxy) is 1. The van der Waals surface area contributed by atoms with Gasteiger partial charge in [0.05, 0.1) is 17.8 Å². The molecule has 11 unspecified atom stereocenters. The lowest BCUT2D eigenvalue weighted by Gasteiger charge is -2.67. The Hall–Kier alpha value is -0.160. The predicted molar refractivity (Wildman–Crippen MR) is 98.5 cm³/mol. The Kier molecular flexibility index (Phi) is 3.14. The number of nitrogens with zero attached hydrogens (tertiary/aromatic N) is 1. The zero-order valence-corrected chi connectivity index (χ0v) is 16.5. The minimum absolute atomic E-state index is 0.0249. The van der Waals surface area contributed by atoms with Crippen LogP contribution in [0.15, 0.2) is 0 Å². The highest BCUT2D eigenvalue weighted by Gasteiger charge is 2.80. The number of piperidine rings is 1. The molecule has 6 fully saturated rings. The largest absolute Gasteiger partial charge is 0.392 e. The highest BCUT2D eigenvalue weighted by molar-refractivity contribution is 5.31. The summed E-state index contributed by atoms with van der Waals surface area (Å²) in [6.07, 6.45) is 6.64. The molecule has 4 nitrogen and oxygen atoms in total. The molecule has 6 aliphatic rings. The van der Waals surface area contributed by atoms with Crippen LogP contribution in [-0.2, 0) is 4.74 Å². The molecule has 0 aromatic heterocycles. The molecule has 1 saturated heterocycles. The van der Waals surface area contributed by atoms with E-state index in [0.29, 0.717) is 28.7 Å². The van der Waals surface area contributed by atoms with Crippen molar-refractivity contribution in [1.29, 1.82) is 0 Å². The lowest BCUT2D eigenvalue weighted by molar-refractivity contribution is -0.242. The zero-order valence-electron chi connectivity index (χ0n) is 16.5. The Balaban J connectivity index is 1.57. The summed E-state index contributed by atoms with van der Waals surface area (Å²) in [5.74, 6) is 1.86. The first kappa shape index (κ1) is 16.8. The SMILES string of the molecule is CCN1CC2(C)CCCC34C5CC6C(OC)CC(O)(C(CC23)C14)C5C6O. The standard InChI is InChI=1S/C22H35NO3/c1-4-23-11-20(2)6-5-7-21-13-8-12-15(26-3)10-22(25,17(13)18(12)24)14(19(21)23)9-16(20)21/h12-19,24-25H,4-11H2,1-3H3. The van der Waals surface area contributed by atoms with Gasteiger partial charge in [-0.05, 0) is 54.9 Å². The van der Waals surface area contributed by atoms with Gasteiger partial charge in [0, 0.05) is 43.9 Å². The molecule has 0 radical (unpaired) electrons. The van der Waals surface area contributed by atoms with Crippen LogP contribution in [0, 0.1) is 40.4 Å². The first-order valence-corrected chi connectivity index (χ1v) is 11.1. The molecular formula is C22H35NO3. The zero-order chi connectivity index (χ0) is 18.1. The summed E-state index contributed by atoms with van der Waals surface area (Å²) < 4.78 is 5.83. The van der Waals surface area contributed by atoms with Crippen LogP contribution in [0.25, 0.3) is 0 Å². The number of aliphatic hydroxyl groups excluding tert-OH is 1. The number of aliphatic hydroxyl groups is 2. The number of likely N-dealkylation sites (tertiary alicyclic amines) is 1. The first-order chi connectivity index (χ1) is 12.4. The molecule has 26 heavy (non-hydrogen) atoms. The molecule has 146 valence electrons. The molecule has 4 heteroatoms.